The summed E-state index contributed by atoms with van der Waals surface area (Å²) in [5, 5.41) is 1.60. The van der Waals surface area contributed by atoms with Gasteiger partial charge >= 0.3 is 0 Å². The topological polar surface area (TPSA) is 9.23 Å². The molecule has 0 radical (unpaired) electrons. The van der Waals surface area contributed by atoms with E-state index in [0.717, 1.165) is 28.6 Å². The lowest BCUT2D eigenvalue weighted by Crippen LogP contribution is -1.98. The van der Waals surface area contributed by atoms with Crippen LogP contribution in [0.1, 0.15) is 6.42 Å². The van der Waals surface area contributed by atoms with Crippen molar-refractivity contribution in [2.75, 3.05) is 11.9 Å². The van der Waals surface area contributed by atoms with E-state index >= 15 is 0 Å². The van der Waals surface area contributed by atoms with Crippen molar-refractivity contribution in [1.82, 2.24) is 0 Å². The highest BCUT2D eigenvalue weighted by Crippen LogP contribution is 2.30. The van der Waals surface area contributed by atoms with Crippen molar-refractivity contribution in [1.29, 1.82) is 0 Å². The monoisotopic (exact) mass is 324 g/mol. The summed E-state index contributed by atoms with van der Waals surface area (Å²) in [7, 11) is 0. The lowest BCUT2D eigenvalue weighted by molar-refractivity contribution is 0.319. The van der Waals surface area contributed by atoms with Crippen LogP contribution in [0.15, 0.2) is 48.5 Å². The number of halogens is 2. The molecule has 2 rings (SSSR count). The molecule has 0 aliphatic carbocycles. The molecule has 0 aromatic heterocycles. The second-order valence-corrected chi connectivity index (χ2v) is 5.10. The zero-order chi connectivity index (χ0) is 12.8. The number of ether oxygens (including phenoxy) is 1. The lowest BCUT2D eigenvalue weighted by Gasteiger charge is -2.09. The summed E-state index contributed by atoms with van der Waals surface area (Å²) in [6.07, 6.45) is 0.969. The predicted molar refractivity (Wildman–Crippen MR) is 80.8 cm³/mol. The molecule has 0 N–H and O–H groups in total. The summed E-state index contributed by atoms with van der Waals surface area (Å²) >= 11 is 9.59. The third-order valence-electron chi connectivity index (χ3n) is 2.57. The lowest BCUT2D eigenvalue weighted by atomic mass is 10.1. The smallest absolute Gasteiger partial charge is 0.137 e. The molecule has 2 aromatic rings. The molecule has 0 aliphatic heterocycles. The van der Waals surface area contributed by atoms with Crippen molar-refractivity contribution >= 4 is 27.5 Å². The van der Waals surface area contributed by atoms with Gasteiger partial charge in [-0.1, -0.05) is 63.9 Å². The molecule has 94 valence electrons. The van der Waals surface area contributed by atoms with Crippen LogP contribution >= 0.6 is 27.5 Å². The Morgan fingerprint density at radius 1 is 1.00 bits per heavy atom. The normalized spacial score (nSPS) is 10.3. The van der Waals surface area contributed by atoms with Crippen molar-refractivity contribution in [3.05, 3.63) is 53.6 Å². The van der Waals surface area contributed by atoms with Gasteiger partial charge in [-0.2, -0.15) is 0 Å². The summed E-state index contributed by atoms with van der Waals surface area (Å²) in [6.45, 7) is 0.676. The Balaban J connectivity index is 2.15. The van der Waals surface area contributed by atoms with Gasteiger partial charge in [-0.15, -0.1) is 0 Å². The second kappa shape index (κ2) is 6.81. The average Bonchev–Trinajstić information content (AvgIpc) is 2.42. The van der Waals surface area contributed by atoms with Gasteiger partial charge in [0.1, 0.15) is 5.75 Å². The van der Waals surface area contributed by atoms with Crippen LogP contribution in [0.25, 0.3) is 11.1 Å². The molecule has 0 amide bonds. The summed E-state index contributed by atoms with van der Waals surface area (Å²) < 4.78 is 5.61. The quantitative estimate of drug-likeness (QED) is 0.544. The Bertz CT molecular complexity index is 499. The van der Waals surface area contributed by atoms with E-state index in [1.807, 2.05) is 36.4 Å². The van der Waals surface area contributed by atoms with Crippen LogP contribution in [-0.4, -0.2) is 11.9 Å². The molecular formula is C15H14BrClO. The average molecular weight is 326 g/mol. The van der Waals surface area contributed by atoms with Crippen molar-refractivity contribution in [3.8, 4) is 16.9 Å². The molecule has 1 nitrogen and oxygen atoms in total. The minimum absolute atomic E-state index is 0.658. The molecule has 0 heterocycles. The number of alkyl halides is 1. The highest BCUT2D eigenvalue weighted by molar-refractivity contribution is 9.09. The molecule has 2 aromatic carbocycles. The minimum atomic E-state index is 0.658. The van der Waals surface area contributed by atoms with Gasteiger partial charge in [0.25, 0.3) is 0 Å². The molecule has 0 unspecified atom stereocenters. The van der Waals surface area contributed by atoms with Crippen LogP contribution in [0.4, 0.5) is 0 Å². The Labute approximate surface area is 121 Å². The molecule has 3 heteroatoms. The van der Waals surface area contributed by atoms with E-state index in [1.54, 1.807) is 0 Å². The van der Waals surface area contributed by atoms with Gasteiger partial charge < -0.3 is 4.74 Å². The zero-order valence-electron chi connectivity index (χ0n) is 9.90. The Kier molecular flexibility index (Phi) is 5.09. The molecule has 0 atom stereocenters. The third-order valence-corrected chi connectivity index (χ3v) is 3.43. The Morgan fingerprint density at radius 3 is 2.44 bits per heavy atom. The van der Waals surface area contributed by atoms with Crippen molar-refractivity contribution in [3.63, 3.8) is 0 Å². The van der Waals surface area contributed by atoms with Crippen molar-refractivity contribution in [2.45, 2.75) is 6.42 Å². The number of benzene rings is 2. The summed E-state index contributed by atoms with van der Waals surface area (Å²) in [5.74, 6) is 0.747. The molecule has 18 heavy (non-hydrogen) atoms. The number of rotatable bonds is 5. The maximum Gasteiger partial charge on any atom is 0.137 e. The van der Waals surface area contributed by atoms with Crippen LogP contribution in [0, 0.1) is 0 Å². The summed E-state index contributed by atoms with van der Waals surface area (Å²) in [4.78, 5) is 0. The Hall–Kier alpha value is -0.990. The zero-order valence-corrected chi connectivity index (χ0v) is 12.2. The van der Waals surface area contributed by atoms with E-state index in [9.17, 15) is 0 Å². The molecule has 0 fully saturated rings. The summed E-state index contributed by atoms with van der Waals surface area (Å²) in [5.41, 5.74) is 2.26. The maximum atomic E-state index is 6.22. The predicted octanol–water partition coefficient (Wildman–Crippen LogP) is 5.17. The van der Waals surface area contributed by atoms with Gasteiger partial charge in [-0.05, 0) is 29.7 Å². The van der Waals surface area contributed by atoms with E-state index in [4.69, 9.17) is 16.3 Å². The fourth-order valence-electron chi connectivity index (χ4n) is 1.66. The highest BCUT2D eigenvalue weighted by Gasteiger charge is 2.04. The minimum Gasteiger partial charge on any atom is -0.492 e. The molecule has 0 saturated carbocycles. The van der Waals surface area contributed by atoms with E-state index in [0.29, 0.717) is 11.6 Å². The van der Waals surface area contributed by atoms with E-state index < -0.39 is 0 Å². The molecule has 0 bridgehead atoms. The van der Waals surface area contributed by atoms with E-state index in [-0.39, 0.29) is 0 Å². The molecule has 0 saturated heterocycles. The first kappa shape index (κ1) is 13.4. The van der Waals surface area contributed by atoms with Crippen LogP contribution in [-0.2, 0) is 0 Å². The van der Waals surface area contributed by atoms with Gasteiger partial charge in [0, 0.05) is 5.33 Å². The first-order valence-corrected chi connectivity index (χ1v) is 7.35. The SMILES string of the molecule is Clc1cc(-c2ccccc2)ccc1OCCCBr. The fourth-order valence-corrected chi connectivity index (χ4v) is 2.13. The third kappa shape index (κ3) is 3.50. The Morgan fingerprint density at radius 2 is 1.78 bits per heavy atom. The maximum absolute atomic E-state index is 6.22. The van der Waals surface area contributed by atoms with Crippen molar-refractivity contribution in [2.24, 2.45) is 0 Å². The number of hydrogen-bond donors (Lipinski definition) is 0. The van der Waals surface area contributed by atoms with Crippen molar-refractivity contribution < 1.29 is 4.74 Å². The van der Waals surface area contributed by atoms with Crippen LogP contribution in [0.3, 0.4) is 0 Å². The fraction of sp³-hybridized carbons (Fsp3) is 0.200. The van der Waals surface area contributed by atoms with E-state index in [1.165, 1.54) is 0 Å². The van der Waals surface area contributed by atoms with E-state index in [2.05, 4.69) is 28.1 Å². The van der Waals surface area contributed by atoms with Gasteiger partial charge in [0.15, 0.2) is 0 Å². The number of hydrogen-bond acceptors (Lipinski definition) is 1. The first-order valence-electron chi connectivity index (χ1n) is 5.85. The van der Waals surface area contributed by atoms with Crippen LogP contribution in [0.2, 0.25) is 5.02 Å². The molecule has 0 spiro atoms. The van der Waals surface area contributed by atoms with Gasteiger partial charge in [0.2, 0.25) is 0 Å². The first-order chi connectivity index (χ1) is 8.81. The molecule has 0 aliphatic rings. The standard InChI is InChI=1S/C15H14BrClO/c16-9-4-10-18-15-8-7-13(11-14(15)17)12-5-2-1-3-6-12/h1-3,5-8,11H,4,9-10H2. The molecular weight excluding hydrogens is 312 g/mol. The van der Waals surface area contributed by atoms with Crippen LogP contribution in [0.5, 0.6) is 5.75 Å². The second-order valence-electron chi connectivity index (χ2n) is 3.90. The largest absolute Gasteiger partial charge is 0.492 e. The highest BCUT2D eigenvalue weighted by atomic mass is 79.9. The van der Waals surface area contributed by atoms with Crippen LogP contribution < -0.4 is 4.74 Å². The van der Waals surface area contributed by atoms with Gasteiger partial charge in [0.05, 0.1) is 11.6 Å². The summed E-state index contributed by atoms with van der Waals surface area (Å²) in [6, 6.07) is 16.1. The van der Waals surface area contributed by atoms with Gasteiger partial charge in [-0.3, -0.25) is 0 Å². The van der Waals surface area contributed by atoms with Gasteiger partial charge in [-0.25, -0.2) is 0 Å².